The number of aryl methyl sites for hydroxylation is 4. The minimum Gasteiger partial charge on any atom is -0.340 e. The number of hydrogen-bond donors (Lipinski definition) is 0. The summed E-state index contributed by atoms with van der Waals surface area (Å²) < 4.78 is 19.4. The average molecular weight is 1800 g/mol. The number of fused-ring (bicyclic) bond motifs is 25. The van der Waals surface area contributed by atoms with Crippen molar-refractivity contribution in [1.82, 2.24) is 36.5 Å². The van der Waals surface area contributed by atoms with E-state index >= 15 is 0 Å². The van der Waals surface area contributed by atoms with Crippen LogP contribution in [-0.4, -0.2) is 36.5 Å². The van der Waals surface area contributed by atoms with Gasteiger partial charge in [-0.3, -0.25) is 0 Å². The number of para-hydroxylation sites is 18. The van der Waals surface area contributed by atoms with Gasteiger partial charge in [0.15, 0.2) is 0 Å². The van der Waals surface area contributed by atoms with Crippen LogP contribution in [0.2, 0.25) is 0 Å². The number of rotatable bonds is 16. The van der Waals surface area contributed by atoms with E-state index in [2.05, 4.69) is 534 Å². The summed E-state index contributed by atoms with van der Waals surface area (Å²) in [6.45, 7) is 2.13. The molecule has 8 aromatic heterocycles. The Balaban J connectivity index is 0.0000000964. The van der Waals surface area contributed by atoms with Crippen LogP contribution in [0.15, 0.2) is 497 Å². The third-order valence-corrected chi connectivity index (χ3v) is 29.2. The van der Waals surface area contributed by atoms with Crippen molar-refractivity contribution in [2.45, 2.75) is 51.6 Å². The van der Waals surface area contributed by atoms with E-state index in [1.54, 1.807) is 0 Å². The number of benzene rings is 21. The fourth-order valence-electron chi connectivity index (χ4n) is 23.1. The molecule has 0 saturated heterocycles. The van der Waals surface area contributed by atoms with Crippen molar-refractivity contribution in [2.24, 2.45) is 0 Å². The maximum atomic E-state index is 2.52. The van der Waals surface area contributed by atoms with E-state index in [0.717, 1.165) is 25.9 Å². The van der Waals surface area contributed by atoms with Gasteiger partial charge in [0.2, 0.25) is 0 Å². The number of nitrogens with zero attached hydrogens (tertiary/aromatic N) is 8. The van der Waals surface area contributed by atoms with E-state index < -0.39 is 0 Å². The second kappa shape index (κ2) is 35.5. The minimum absolute atomic E-state index is 1.06. The van der Waals surface area contributed by atoms with Crippen LogP contribution in [-0.2, 0) is 25.9 Å². The van der Waals surface area contributed by atoms with Gasteiger partial charge in [0.1, 0.15) is 0 Å². The standard InChI is InChI=1S/C38H36N2.C34H22N2.2C30H20N2/c1-2-16-30(18-12-14-28-40-37-25-9-5-21-33(37)34-22-6-10-26-38(34)40)29(15-1)17-11-13-27-39-35-23-7-3-19-31(35)32-20-4-8-24-36(32)39;1-5-17-28-24(13-1)25-14-2-6-18-29(25)35(28)32-21-9-11-23-12-10-22-33(34(23)32)36-30-19-7-3-15-26(30)27-16-4-8-20-31(27)36;1-5-15-25-21(11-1)22-12-2-6-16-26(22)31(25)29-19-9-10-20-30(29)32-27-17-7-3-13-23(27)24-14-4-8-18-28(24)32;1-5-13-27-23(9-1)24-10-2-6-14-28(24)31(27)21-17-19-22(20-18-21)32-29-15-7-3-11-25(29)26-12-4-8-16-30(26)32/h1-10,15-16,19-26H,11-14,17-18,27-28H2;1-22H;2*1-20H. The molecule has 0 radical (unpaired) electrons. The van der Waals surface area contributed by atoms with Crippen LogP contribution >= 0.6 is 0 Å². The molecule has 0 atom stereocenters. The lowest BCUT2D eigenvalue weighted by Gasteiger charge is -2.17. The lowest BCUT2D eigenvalue weighted by Crippen LogP contribution is -2.03. The minimum atomic E-state index is 1.06. The molecule has 8 nitrogen and oxygen atoms in total. The highest BCUT2D eigenvalue weighted by Gasteiger charge is 2.24. The Labute approximate surface area is 810 Å². The van der Waals surface area contributed by atoms with Gasteiger partial charge in [0.05, 0.1) is 88.9 Å². The molecule has 0 N–H and O–H groups in total. The maximum Gasteiger partial charge on any atom is 0.0702 e. The quantitative estimate of drug-likeness (QED) is 0.0865. The molecule has 0 bridgehead atoms. The van der Waals surface area contributed by atoms with Gasteiger partial charge < -0.3 is 36.5 Å². The maximum absolute atomic E-state index is 2.52. The van der Waals surface area contributed by atoms with Crippen LogP contribution in [0.4, 0.5) is 0 Å². The zero-order valence-corrected chi connectivity index (χ0v) is 77.6. The van der Waals surface area contributed by atoms with Crippen LogP contribution in [0, 0.1) is 0 Å². The smallest absolute Gasteiger partial charge is 0.0702 e. The predicted octanol–water partition coefficient (Wildman–Crippen LogP) is 34.7. The van der Waals surface area contributed by atoms with Crippen molar-refractivity contribution in [3.63, 3.8) is 0 Å². The van der Waals surface area contributed by atoms with Crippen molar-refractivity contribution in [3.05, 3.63) is 509 Å². The summed E-state index contributed by atoms with van der Waals surface area (Å²) in [5.74, 6) is 0. The molecule has 0 unspecified atom stereocenters. The van der Waals surface area contributed by atoms with E-state index in [1.807, 2.05) is 0 Å². The highest BCUT2D eigenvalue weighted by Crippen LogP contribution is 2.45. The molecule has 0 aliphatic rings. The molecule has 666 valence electrons. The first-order valence-electron chi connectivity index (χ1n) is 49.2. The van der Waals surface area contributed by atoms with E-state index in [-0.39, 0.29) is 0 Å². The molecule has 8 heteroatoms. The van der Waals surface area contributed by atoms with Gasteiger partial charge in [-0.1, -0.05) is 352 Å². The Kier molecular flexibility index (Phi) is 21.0. The summed E-state index contributed by atoms with van der Waals surface area (Å²) in [6, 6.07) is 180. The molecule has 21 aromatic carbocycles. The first-order valence-corrected chi connectivity index (χ1v) is 49.2. The van der Waals surface area contributed by atoms with Crippen molar-refractivity contribution in [1.29, 1.82) is 0 Å². The molecule has 29 aromatic rings. The molecular formula is C132H98N8. The molecular weight excluding hydrogens is 1700 g/mol. The predicted molar refractivity (Wildman–Crippen MR) is 594 cm³/mol. The molecule has 0 saturated carbocycles. The molecule has 0 aliphatic heterocycles. The third kappa shape index (κ3) is 14.1. The topological polar surface area (TPSA) is 39.4 Å². The van der Waals surface area contributed by atoms with Gasteiger partial charge in [0, 0.05) is 138 Å². The van der Waals surface area contributed by atoms with Gasteiger partial charge in [-0.2, -0.15) is 0 Å². The summed E-state index contributed by atoms with van der Waals surface area (Å²) in [4.78, 5) is 0. The molecule has 0 aliphatic carbocycles. The summed E-state index contributed by atoms with van der Waals surface area (Å²) >= 11 is 0. The second-order valence-corrected chi connectivity index (χ2v) is 36.9. The van der Waals surface area contributed by atoms with Crippen molar-refractivity contribution < 1.29 is 0 Å². The lowest BCUT2D eigenvalue weighted by molar-refractivity contribution is 0.623. The Bertz CT molecular complexity index is 8840. The van der Waals surface area contributed by atoms with E-state index in [1.165, 1.54) is 256 Å². The Morgan fingerprint density at radius 2 is 0.300 bits per heavy atom. The number of unbranched alkanes of at least 4 members (excludes halogenated alkanes) is 2. The summed E-state index contributed by atoms with van der Waals surface area (Å²) in [5.41, 5.74) is 30.3. The summed E-state index contributed by atoms with van der Waals surface area (Å²) in [6.07, 6.45) is 7.09. The van der Waals surface area contributed by atoms with Crippen LogP contribution in [0.1, 0.15) is 36.8 Å². The Hall–Kier alpha value is -17.7. The number of hydrogen-bond acceptors (Lipinski definition) is 0. The highest BCUT2D eigenvalue weighted by molar-refractivity contribution is 6.17. The van der Waals surface area contributed by atoms with Gasteiger partial charge >= 0.3 is 0 Å². The molecule has 0 amide bonds. The second-order valence-electron chi connectivity index (χ2n) is 36.9. The largest absolute Gasteiger partial charge is 0.340 e. The molecule has 140 heavy (non-hydrogen) atoms. The van der Waals surface area contributed by atoms with Gasteiger partial charge in [0.25, 0.3) is 0 Å². The monoisotopic (exact) mass is 1790 g/mol. The van der Waals surface area contributed by atoms with Crippen molar-refractivity contribution >= 4 is 185 Å². The highest BCUT2D eigenvalue weighted by atomic mass is 15.1. The Morgan fingerprint density at radius 1 is 0.129 bits per heavy atom. The van der Waals surface area contributed by atoms with Gasteiger partial charge in [-0.25, -0.2) is 0 Å². The van der Waals surface area contributed by atoms with Gasteiger partial charge in [-0.15, -0.1) is 0 Å². The van der Waals surface area contributed by atoms with E-state index in [9.17, 15) is 0 Å². The lowest BCUT2D eigenvalue weighted by atomic mass is 9.98. The third-order valence-electron chi connectivity index (χ3n) is 29.2. The first-order chi connectivity index (χ1) is 69.6. The summed E-state index contributed by atoms with van der Waals surface area (Å²) in [5, 5.41) is 23.3. The van der Waals surface area contributed by atoms with E-state index in [4.69, 9.17) is 0 Å². The fourth-order valence-corrected chi connectivity index (χ4v) is 23.1. The normalized spacial score (nSPS) is 11.8. The zero-order valence-electron chi connectivity index (χ0n) is 77.6. The van der Waals surface area contributed by atoms with E-state index in [0.29, 0.717) is 0 Å². The van der Waals surface area contributed by atoms with Crippen LogP contribution in [0.5, 0.6) is 0 Å². The first kappa shape index (κ1) is 82.9. The van der Waals surface area contributed by atoms with Crippen LogP contribution in [0.3, 0.4) is 0 Å². The SMILES string of the molecule is c1cc(-n2c3ccccc3c3ccccc32)c2c(-n3c4ccccc4c4ccccc43)cccc2c1.c1ccc(-n2c3ccccc3c3ccccc32)c(-n2c3ccccc3c3ccccc32)c1.c1ccc(CCCCn2c3ccccc3c3ccccc32)c(CCCCn2c3ccccc3c3ccccc32)c1.c1ccc2c(c1)c1ccccc1n2-c1ccc(-n2c3ccccc3c3ccccc32)cc1. The average Bonchev–Trinajstić information content (AvgIpc) is 1.56. The van der Waals surface area contributed by atoms with Gasteiger partial charge in [-0.05, 0) is 201 Å². The fraction of sp³-hybridized carbons (Fsp3) is 0.0606. The molecule has 0 spiro atoms. The zero-order chi connectivity index (χ0) is 92.5. The van der Waals surface area contributed by atoms with Crippen molar-refractivity contribution in [3.8, 4) is 34.1 Å². The van der Waals surface area contributed by atoms with Crippen molar-refractivity contribution in [2.75, 3.05) is 0 Å². The summed E-state index contributed by atoms with van der Waals surface area (Å²) in [7, 11) is 0. The number of aromatic nitrogens is 8. The van der Waals surface area contributed by atoms with Crippen LogP contribution < -0.4 is 0 Å². The molecule has 8 heterocycles. The van der Waals surface area contributed by atoms with Crippen LogP contribution in [0.25, 0.3) is 219 Å². The Morgan fingerprint density at radius 3 is 0.529 bits per heavy atom. The molecule has 29 rings (SSSR count). The molecule has 0 fully saturated rings.